The molecule has 0 fully saturated rings. The molecule has 0 atom stereocenters. The summed E-state index contributed by atoms with van der Waals surface area (Å²) in [6.07, 6.45) is 0. The van der Waals surface area contributed by atoms with Crippen LogP contribution in [0.3, 0.4) is 0 Å². The second-order valence-electron chi connectivity index (χ2n) is 3.92. The van der Waals surface area contributed by atoms with Gasteiger partial charge in [-0.25, -0.2) is 4.98 Å². The van der Waals surface area contributed by atoms with Crippen LogP contribution in [-0.4, -0.2) is 23.1 Å². The monoisotopic (exact) mass is 335 g/mol. The Morgan fingerprint density at radius 1 is 1.38 bits per heavy atom. The first-order valence-corrected chi connectivity index (χ1v) is 6.63. The molecule has 0 bridgehead atoms. The molecule has 0 amide bonds. The zero-order chi connectivity index (χ0) is 12.3. The summed E-state index contributed by atoms with van der Waals surface area (Å²) in [5.74, 6) is 0.947. The first kappa shape index (κ1) is 13.5. The van der Waals surface area contributed by atoms with E-state index in [1.807, 2.05) is 4.90 Å². The number of hydrogen-bond acceptors (Lipinski definition) is 3. The third kappa shape index (κ3) is 2.75. The molecule has 5 heteroatoms. The quantitative estimate of drug-likeness (QED) is 0.860. The fourth-order valence-electron chi connectivity index (χ4n) is 1.52. The predicted molar refractivity (Wildman–Crippen MR) is 75.2 cm³/mol. The van der Waals surface area contributed by atoms with E-state index in [2.05, 4.69) is 60.3 Å². The summed E-state index contributed by atoms with van der Waals surface area (Å²) in [5, 5.41) is 0. The van der Waals surface area contributed by atoms with Gasteiger partial charge in [0.2, 0.25) is 5.95 Å². The van der Waals surface area contributed by atoms with Gasteiger partial charge in [0.05, 0.1) is 5.69 Å². The van der Waals surface area contributed by atoms with Crippen LogP contribution in [0.5, 0.6) is 0 Å². The van der Waals surface area contributed by atoms with Gasteiger partial charge in [-0.3, -0.25) is 9.78 Å². The summed E-state index contributed by atoms with van der Waals surface area (Å²) in [7, 11) is 0. The molecular formula is C11H18IN3O. The zero-order valence-electron chi connectivity index (χ0n) is 10.2. The van der Waals surface area contributed by atoms with Crippen LogP contribution in [0.2, 0.25) is 0 Å². The molecule has 0 aliphatic carbocycles. The lowest BCUT2D eigenvalue weighted by Gasteiger charge is -2.20. The summed E-state index contributed by atoms with van der Waals surface area (Å²) in [6, 6.07) is 0. The van der Waals surface area contributed by atoms with Gasteiger partial charge < -0.3 is 4.90 Å². The molecule has 0 unspecified atom stereocenters. The van der Waals surface area contributed by atoms with Gasteiger partial charge in [-0.1, -0.05) is 13.8 Å². The fourth-order valence-corrected chi connectivity index (χ4v) is 2.40. The highest BCUT2D eigenvalue weighted by Crippen LogP contribution is 2.18. The molecule has 0 saturated heterocycles. The highest BCUT2D eigenvalue weighted by Gasteiger charge is 2.14. The van der Waals surface area contributed by atoms with Gasteiger partial charge in [0, 0.05) is 13.1 Å². The summed E-state index contributed by atoms with van der Waals surface area (Å²) < 4.78 is 0.698. The standard InChI is InChI=1S/C11H18IN3O/c1-5-15(6-2)11-13-9(7(3)4)8(12)10(16)14-11/h7H,5-6H2,1-4H3,(H,13,14,16). The number of aromatic nitrogens is 2. The van der Waals surface area contributed by atoms with E-state index >= 15 is 0 Å². The van der Waals surface area contributed by atoms with E-state index < -0.39 is 0 Å². The molecule has 0 radical (unpaired) electrons. The zero-order valence-corrected chi connectivity index (χ0v) is 12.3. The Morgan fingerprint density at radius 3 is 2.38 bits per heavy atom. The van der Waals surface area contributed by atoms with Crippen molar-refractivity contribution in [2.45, 2.75) is 33.6 Å². The molecule has 0 aromatic carbocycles. The van der Waals surface area contributed by atoms with E-state index in [1.165, 1.54) is 0 Å². The van der Waals surface area contributed by atoms with E-state index in [9.17, 15) is 4.79 Å². The second kappa shape index (κ2) is 5.65. The highest BCUT2D eigenvalue weighted by atomic mass is 127. The molecule has 16 heavy (non-hydrogen) atoms. The van der Waals surface area contributed by atoms with Crippen molar-refractivity contribution in [1.82, 2.24) is 9.97 Å². The molecule has 1 aromatic heterocycles. The van der Waals surface area contributed by atoms with E-state index in [0.717, 1.165) is 18.8 Å². The van der Waals surface area contributed by atoms with Gasteiger partial charge in [0.1, 0.15) is 3.57 Å². The minimum absolute atomic E-state index is 0.0406. The van der Waals surface area contributed by atoms with Crippen LogP contribution in [0.25, 0.3) is 0 Å². The largest absolute Gasteiger partial charge is 0.343 e. The fraction of sp³-hybridized carbons (Fsp3) is 0.636. The van der Waals surface area contributed by atoms with Crippen molar-refractivity contribution >= 4 is 28.5 Å². The van der Waals surface area contributed by atoms with Crippen LogP contribution in [0.4, 0.5) is 5.95 Å². The Kier molecular flexibility index (Phi) is 4.76. The lowest BCUT2D eigenvalue weighted by atomic mass is 10.1. The SMILES string of the molecule is CCN(CC)c1nc(C(C)C)c(I)c(=O)[nH]1. The smallest absolute Gasteiger partial charge is 0.266 e. The Labute approximate surface area is 110 Å². The Bertz CT molecular complexity index is 410. The summed E-state index contributed by atoms with van der Waals surface area (Å²) in [5.41, 5.74) is 0.840. The normalized spacial score (nSPS) is 10.9. The van der Waals surface area contributed by atoms with Gasteiger partial charge in [-0.15, -0.1) is 0 Å². The van der Waals surface area contributed by atoms with Crippen LogP contribution >= 0.6 is 22.6 Å². The molecule has 4 nitrogen and oxygen atoms in total. The molecule has 1 aromatic rings. The maximum Gasteiger partial charge on any atom is 0.266 e. The lowest BCUT2D eigenvalue weighted by molar-refractivity contribution is 0.761. The first-order chi connectivity index (χ1) is 7.51. The molecule has 1 N–H and O–H groups in total. The maximum atomic E-state index is 11.8. The average molecular weight is 335 g/mol. The number of rotatable bonds is 4. The first-order valence-electron chi connectivity index (χ1n) is 5.55. The van der Waals surface area contributed by atoms with Crippen molar-refractivity contribution in [3.8, 4) is 0 Å². The number of anilines is 1. The number of H-pyrrole nitrogens is 1. The highest BCUT2D eigenvalue weighted by molar-refractivity contribution is 14.1. The van der Waals surface area contributed by atoms with Crippen molar-refractivity contribution in [2.24, 2.45) is 0 Å². The van der Waals surface area contributed by atoms with Crippen LogP contribution < -0.4 is 10.5 Å². The number of nitrogens with one attached hydrogen (secondary N) is 1. The van der Waals surface area contributed by atoms with Crippen molar-refractivity contribution in [2.75, 3.05) is 18.0 Å². The minimum atomic E-state index is -0.0406. The summed E-state index contributed by atoms with van der Waals surface area (Å²) in [6.45, 7) is 9.90. The maximum absolute atomic E-state index is 11.8. The molecule has 0 spiro atoms. The Morgan fingerprint density at radius 2 is 1.94 bits per heavy atom. The number of nitrogens with zero attached hydrogens (tertiary/aromatic N) is 2. The van der Waals surface area contributed by atoms with Crippen LogP contribution in [0.1, 0.15) is 39.3 Å². The minimum Gasteiger partial charge on any atom is -0.343 e. The van der Waals surface area contributed by atoms with Crippen LogP contribution in [0, 0.1) is 3.57 Å². The third-order valence-corrected chi connectivity index (χ3v) is 3.53. The van der Waals surface area contributed by atoms with Crippen LogP contribution in [-0.2, 0) is 0 Å². The second-order valence-corrected chi connectivity index (χ2v) is 4.99. The molecule has 1 heterocycles. The van der Waals surface area contributed by atoms with E-state index in [0.29, 0.717) is 9.52 Å². The molecule has 0 saturated carbocycles. The van der Waals surface area contributed by atoms with Gasteiger partial charge in [-0.2, -0.15) is 0 Å². The topological polar surface area (TPSA) is 49.0 Å². The van der Waals surface area contributed by atoms with Crippen LogP contribution in [0.15, 0.2) is 4.79 Å². The third-order valence-electron chi connectivity index (χ3n) is 2.49. The number of hydrogen-bond donors (Lipinski definition) is 1. The average Bonchev–Trinajstić information content (AvgIpc) is 2.24. The van der Waals surface area contributed by atoms with Gasteiger partial charge in [0.15, 0.2) is 0 Å². The Balaban J connectivity index is 3.28. The molecular weight excluding hydrogens is 317 g/mol. The van der Waals surface area contributed by atoms with E-state index in [-0.39, 0.29) is 11.5 Å². The Hall–Kier alpha value is -0.590. The number of aromatic amines is 1. The van der Waals surface area contributed by atoms with Crippen molar-refractivity contribution in [1.29, 1.82) is 0 Å². The summed E-state index contributed by atoms with van der Waals surface area (Å²) >= 11 is 2.06. The van der Waals surface area contributed by atoms with Gasteiger partial charge >= 0.3 is 0 Å². The van der Waals surface area contributed by atoms with E-state index in [1.54, 1.807) is 0 Å². The van der Waals surface area contributed by atoms with Crippen molar-refractivity contribution < 1.29 is 0 Å². The molecule has 0 aliphatic heterocycles. The number of halogens is 1. The molecule has 90 valence electrons. The lowest BCUT2D eigenvalue weighted by Crippen LogP contribution is -2.28. The predicted octanol–water partition coefficient (Wildman–Crippen LogP) is 2.34. The van der Waals surface area contributed by atoms with Crippen molar-refractivity contribution in [3.63, 3.8) is 0 Å². The van der Waals surface area contributed by atoms with Gasteiger partial charge in [-0.05, 0) is 42.4 Å². The molecule has 1 rings (SSSR count). The van der Waals surface area contributed by atoms with Crippen molar-refractivity contribution in [3.05, 3.63) is 19.6 Å². The van der Waals surface area contributed by atoms with Gasteiger partial charge in [0.25, 0.3) is 5.56 Å². The van der Waals surface area contributed by atoms with E-state index in [4.69, 9.17) is 0 Å². The molecule has 0 aliphatic rings. The summed E-state index contributed by atoms with van der Waals surface area (Å²) in [4.78, 5) is 21.2.